The van der Waals surface area contributed by atoms with Crippen molar-refractivity contribution in [3.8, 4) is 22.4 Å². The third-order valence-corrected chi connectivity index (χ3v) is 6.90. The molecule has 0 aliphatic heterocycles. The smallest absolute Gasteiger partial charge is 0.266 e. The maximum atomic E-state index is 13.7. The second-order valence-corrected chi connectivity index (χ2v) is 9.80. The lowest BCUT2D eigenvalue weighted by atomic mass is 10.1. The highest BCUT2D eigenvalue weighted by Crippen LogP contribution is 2.35. The molecule has 1 aromatic carbocycles. The summed E-state index contributed by atoms with van der Waals surface area (Å²) in [5, 5.41) is 10.5. The molecule has 0 aliphatic carbocycles. The third kappa shape index (κ3) is 5.07. The van der Waals surface area contributed by atoms with Gasteiger partial charge < -0.3 is 9.72 Å². The number of nitriles is 1. The van der Waals surface area contributed by atoms with Crippen molar-refractivity contribution in [3.05, 3.63) is 103 Å². The highest BCUT2D eigenvalue weighted by molar-refractivity contribution is 7.13. The lowest BCUT2D eigenvalue weighted by Gasteiger charge is -2.15. The fraction of sp³-hybridized carbons (Fsp3) is 0.148. The van der Waals surface area contributed by atoms with E-state index in [-0.39, 0.29) is 17.3 Å². The maximum absolute atomic E-state index is 13.7. The summed E-state index contributed by atoms with van der Waals surface area (Å²) in [5.41, 5.74) is 4.38. The molecule has 184 valence electrons. The molecule has 0 atom stereocenters. The van der Waals surface area contributed by atoms with E-state index in [0.717, 1.165) is 33.7 Å². The normalized spacial score (nSPS) is 11.0. The van der Waals surface area contributed by atoms with Crippen LogP contribution < -0.4 is 10.3 Å². The number of ether oxygens (including phenoxy) is 1. The summed E-state index contributed by atoms with van der Waals surface area (Å²) in [4.78, 5) is 28.3. The summed E-state index contributed by atoms with van der Waals surface area (Å²) in [6, 6.07) is 14.2. The fourth-order valence-corrected chi connectivity index (χ4v) is 5.07. The third-order valence-electron chi connectivity index (χ3n) is 5.74. The molecule has 0 spiro atoms. The van der Waals surface area contributed by atoms with Crippen LogP contribution in [0.3, 0.4) is 0 Å². The Balaban J connectivity index is 1.50. The Morgan fingerprint density at radius 2 is 1.97 bits per heavy atom. The van der Waals surface area contributed by atoms with Crippen molar-refractivity contribution in [2.75, 3.05) is 0 Å². The predicted molar refractivity (Wildman–Crippen MR) is 140 cm³/mol. The minimum Gasteiger partial charge on any atom is -0.486 e. The van der Waals surface area contributed by atoms with Crippen LogP contribution in [-0.4, -0.2) is 19.9 Å². The number of rotatable bonds is 6. The first kappa shape index (κ1) is 24.6. The van der Waals surface area contributed by atoms with E-state index >= 15 is 0 Å². The van der Waals surface area contributed by atoms with Gasteiger partial charge in [-0.2, -0.15) is 9.65 Å². The molecule has 0 amide bonds. The van der Waals surface area contributed by atoms with Crippen molar-refractivity contribution in [3.63, 3.8) is 0 Å². The van der Waals surface area contributed by atoms with Gasteiger partial charge >= 0.3 is 0 Å². The average Bonchev–Trinajstić information content (AvgIpc) is 3.29. The lowest BCUT2D eigenvalue weighted by Crippen LogP contribution is -2.14. The van der Waals surface area contributed by atoms with Gasteiger partial charge in [0, 0.05) is 40.0 Å². The van der Waals surface area contributed by atoms with E-state index in [1.54, 1.807) is 12.1 Å². The van der Waals surface area contributed by atoms with Crippen LogP contribution in [0.5, 0.6) is 5.75 Å². The number of fused-ring (bicyclic) bond motifs is 1. The maximum Gasteiger partial charge on any atom is 0.266 e. The van der Waals surface area contributed by atoms with Gasteiger partial charge in [0.05, 0.1) is 16.9 Å². The number of hydrogen-bond donors (Lipinski definition) is 1. The number of nitrogens with zero attached hydrogens (tertiary/aromatic N) is 4. The van der Waals surface area contributed by atoms with Crippen LogP contribution in [0.4, 0.5) is 4.39 Å². The molecular weight excluding hydrogens is 513 g/mol. The van der Waals surface area contributed by atoms with Crippen LogP contribution in [0.2, 0.25) is 5.02 Å². The number of pyridine rings is 3. The molecule has 0 unspecified atom stereocenters. The number of para-hydroxylation sites is 1. The number of thiazole rings is 1. The quantitative estimate of drug-likeness (QED) is 0.293. The molecule has 4 heterocycles. The minimum atomic E-state index is -0.454. The number of aromatic amines is 1. The standard InChI is InChI=1S/C27H19ClFN5O2S/c1-14-8-19(27-31-12-24(29)37-27)18-4-3-5-23(25(18)33-14)36-13-20-21(28)9-15(2)32-22(20)10-17-7-6-16(11-30)26(35)34-17/h3-9,12H,10,13H2,1-2H3,(H,34,35). The summed E-state index contributed by atoms with van der Waals surface area (Å²) < 4.78 is 19.9. The SMILES string of the molecule is Cc1cc(Cl)c(COc2cccc3c(-c4ncc(F)s4)cc(C)nc23)c(Cc2ccc(C#N)c(=O)[nH]2)n1. The molecule has 0 bridgehead atoms. The van der Waals surface area contributed by atoms with Crippen LogP contribution >= 0.6 is 22.9 Å². The predicted octanol–water partition coefficient (Wildman–Crippen LogP) is 5.89. The van der Waals surface area contributed by atoms with Crippen LogP contribution in [0.15, 0.2) is 53.5 Å². The van der Waals surface area contributed by atoms with Crippen molar-refractivity contribution in [2.45, 2.75) is 26.9 Å². The van der Waals surface area contributed by atoms with E-state index in [1.807, 2.05) is 44.2 Å². The van der Waals surface area contributed by atoms with Crippen molar-refractivity contribution < 1.29 is 9.13 Å². The molecular formula is C27H19ClFN5O2S. The summed E-state index contributed by atoms with van der Waals surface area (Å²) in [5.74, 6) is 0.536. The lowest BCUT2D eigenvalue weighted by molar-refractivity contribution is 0.307. The Hall–Kier alpha value is -4.13. The second-order valence-electron chi connectivity index (χ2n) is 8.41. The van der Waals surface area contributed by atoms with Crippen LogP contribution in [0.1, 0.15) is 33.9 Å². The number of nitrogens with one attached hydrogen (secondary N) is 1. The Kier molecular flexibility index (Phi) is 6.70. The van der Waals surface area contributed by atoms with E-state index in [1.165, 1.54) is 12.3 Å². The molecule has 5 rings (SSSR count). The summed E-state index contributed by atoms with van der Waals surface area (Å²) in [6.07, 6.45) is 1.50. The van der Waals surface area contributed by atoms with Crippen LogP contribution in [0, 0.1) is 30.3 Å². The van der Waals surface area contributed by atoms with Crippen LogP contribution in [0.25, 0.3) is 21.5 Å². The Morgan fingerprint density at radius 1 is 1.16 bits per heavy atom. The molecule has 0 aliphatic rings. The zero-order valence-electron chi connectivity index (χ0n) is 19.8. The molecule has 4 aromatic heterocycles. The highest BCUT2D eigenvalue weighted by Gasteiger charge is 2.16. The number of aromatic nitrogens is 4. The fourth-order valence-electron chi connectivity index (χ4n) is 4.08. The first-order valence-electron chi connectivity index (χ1n) is 11.2. The monoisotopic (exact) mass is 531 g/mol. The van der Waals surface area contributed by atoms with Gasteiger partial charge in [-0.05, 0) is 44.2 Å². The minimum absolute atomic E-state index is 0.0427. The van der Waals surface area contributed by atoms with Gasteiger partial charge in [0.25, 0.3) is 5.56 Å². The molecule has 5 aromatic rings. The number of aryl methyl sites for hydroxylation is 2. The van der Waals surface area contributed by atoms with Gasteiger partial charge in [0.1, 0.15) is 34.5 Å². The van der Waals surface area contributed by atoms with Gasteiger partial charge in [-0.15, -0.1) is 0 Å². The first-order chi connectivity index (χ1) is 17.8. The van der Waals surface area contributed by atoms with Gasteiger partial charge in [-0.25, -0.2) is 9.97 Å². The summed E-state index contributed by atoms with van der Waals surface area (Å²) in [6.45, 7) is 3.81. The molecule has 0 radical (unpaired) electrons. The van der Waals surface area contributed by atoms with Gasteiger partial charge in [-0.1, -0.05) is 35.1 Å². The largest absolute Gasteiger partial charge is 0.486 e. The summed E-state index contributed by atoms with van der Waals surface area (Å²) >= 11 is 7.58. The summed E-state index contributed by atoms with van der Waals surface area (Å²) in [7, 11) is 0. The van der Waals surface area contributed by atoms with E-state index in [2.05, 4.69) is 19.9 Å². The molecule has 0 saturated carbocycles. The van der Waals surface area contributed by atoms with Gasteiger partial charge in [0.2, 0.25) is 0 Å². The number of halogens is 2. The van der Waals surface area contributed by atoms with Gasteiger partial charge in [0.15, 0.2) is 5.13 Å². The van der Waals surface area contributed by atoms with E-state index in [9.17, 15) is 9.18 Å². The molecule has 7 nitrogen and oxygen atoms in total. The molecule has 0 fully saturated rings. The zero-order chi connectivity index (χ0) is 26.1. The van der Waals surface area contributed by atoms with Crippen molar-refractivity contribution in [1.29, 1.82) is 5.26 Å². The van der Waals surface area contributed by atoms with E-state index in [0.29, 0.717) is 44.7 Å². The van der Waals surface area contributed by atoms with Crippen molar-refractivity contribution >= 4 is 33.8 Å². The zero-order valence-corrected chi connectivity index (χ0v) is 21.4. The second kappa shape index (κ2) is 10.1. The van der Waals surface area contributed by atoms with Crippen LogP contribution in [-0.2, 0) is 13.0 Å². The van der Waals surface area contributed by atoms with Gasteiger partial charge in [-0.3, -0.25) is 9.78 Å². The highest BCUT2D eigenvalue weighted by atomic mass is 35.5. The number of benzene rings is 1. The Labute approximate surface area is 220 Å². The molecule has 10 heteroatoms. The Bertz CT molecular complexity index is 1760. The average molecular weight is 532 g/mol. The first-order valence-corrected chi connectivity index (χ1v) is 12.4. The topological polar surface area (TPSA) is 105 Å². The molecule has 37 heavy (non-hydrogen) atoms. The van der Waals surface area contributed by atoms with E-state index in [4.69, 9.17) is 21.6 Å². The van der Waals surface area contributed by atoms with Crippen molar-refractivity contribution in [1.82, 2.24) is 19.9 Å². The number of hydrogen-bond acceptors (Lipinski definition) is 7. The molecule has 1 N–H and O–H groups in total. The van der Waals surface area contributed by atoms with E-state index < -0.39 is 5.56 Å². The number of H-pyrrole nitrogens is 1. The van der Waals surface area contributed by atoms with Crippen molar-refractivity contribution in [2.24, 2.45) is 0 Å². The Morgan fingerprint density at radius 3 is 2.70 bits per heavy atom. The molecule has 0 saturated heterocycles.